The SMILES string of the molecule is CC1(C)c2ccccc2N(c2cccc3c2-c2ccccc2C32c3ccccc3-c3ccc(N(c4ccccc4)c4ccc5c(c4)sc4ccc#cc45)cc32)c2ccccc21. The van der Waals surface area contributed by atoms with Gasteiger partial charge in [0, 0.05) is 42.8 Å². The Morgan fingerprint density at radius 1 is 0.459 bits per heavy atom. The predicted octanol–water partition coefficient (Wildman–Crippen LogP) is 15.6. The second-order valence-corrected chi connectivity index (χ2v) is 18.1. The third-order valence-corrected chi connectivity index (χ3v) is 14.8. The molecular formula is C58H38N2S. The number of para-hydroxylation sites is 3. The lowest BCUT2D eigenvalue weighted by molar-refractivity contribution is 0.632. The van der Waals surface area contributed by atoms with Crippen molar-refractivity contribution in [1.82, 2.24) is 0 Å². The van der Waals surface area contributed by atoms with Crippen LogP contribution in [0.2, 0.25) is 0 Å². The largest absolute Gasteiger partial charge is 0.310 e. The summed E-state index contributed by atoms with van der Waals surface area (Å²) in [6.07, 6.45) is 0. The first kappa shape index (κ1) is 34.5. The number of nitrogens with zero attached hydrogens (tertiary/aromatic N) is 2. The van der Waals surface area contributed by atoms with Crippen LogP contribution in [0.4, 0.5) is 34.1 Å². The van der Waals surface area contributed by atoms with E-state index in [1.54, 1.807) is 0 Å². The Labute approximate surface area is 360 Å². The van der Waals surface area contributed by atoms with Crippen LogP contribution in [0.3, 0.4) is 0 Å². The summed E-state index contributed by atoms with van der Waals surface area (Å²) >= 11 is 1.82. The van der Waals surface area contributed by atoms with Crippen molar-refractivity contribution in [3.63, 3.8) is 0 Å². The summed E-state index contributed by atoms with van der Waals surface area (Å²) in [7, 11) is 0. The monoisotopic (exact) mass is 794 g/mol. The minimum absolute atomic E-state index is 0.149. The standard InChI is InChI=1S/C58H38N2S/c1-57(2)47-24-11-13-27-51(47)60(52-28-14-12-25-48(52)57)53-29-16-26-49-56(53)44-21-7-10-23-46(44)58(49)45-22-9-6-19-40(45)41-33-31-38(35-50(41)58)59(37-17-4-3-5-18-37)39-32-34-43-42-20-8-15-30-54(42)61-55(43)36-39/h3-7,9-19,21-36H,1-2H3. The van der Waals surface area contributed by atoms with Crippen LogP contribution in [-0.2, 0) is 10.8 Å². The number of fused-ring (bicyclic) bond motifs is 15. The number of anilines is 6. The van der Waals surface area contributed by atoms with E-state index in [0.717, 1.165) is 22.4 Å². The fourth-order valence-corrected chi connectivity index (χ4v) is 12.3. The van der Waals surface area contributed by atoms with Gasteiger partial charge in [0.25, 0.3) is 0 Å². The maximum atomic E-state index is 3.37. The molecule has 0 saturated carbocycles. The molecule has 10 aromatic rings. The Kier molecular flexibility index (Phi) is 7.10. The minimum atomic E-state index is -0.540. The molecule has 2 heterocycles. The van der Waals surface area contributed by atoms with E-state index in [2.05, 4.69) is 224 Å². The average molecular weight is 795 g/mol. The van der Waals surface area contributed by atoms with Crippen LogP contribution in [0.5, 0.6) is 0 Å². The van der Waals surface area contributed by atoms with Crippen LogP contribution in [-0.4, -0.2) is 0 Å². The summed E-state index contributed by atoms with van der Waals surface area (Å²) in [6, 6.07) is 78.9. The van der Waals surface area contributed by atoms with Crippen LogP contribution < -0.4 is 9.80 Å². The minimum Gasteiger partial charge on any atom is -0.310 e. The lowest BCUT2D eigenvalue weighted by Crippen LogP contribution is -2.31. The van der Waals surface area contributed by atoms with Crippen LogP contribution in [0, 0.1) is 12.1 Å². The highest BCUT2D eigenvalue weighted by atomic mass is 32.1. The van der Waals surface area contributed by atoms with Crippen LogP contribution >= 0.6 is 11.3 Å². The van der Waals surface area contributed by atoms with E-state index >= 15 is 0 Å². The Bertz CT molecular complexity index is 3380. The van der Waals surface area contributed by atoms with Crippen LogP contribution in [0.25, 0.3) is 42.4 Å². The molecular weight excluding hydrogens is 757 g/mol. The number of benzene rings is 8. The van der Waals surface area contributed by atoms with E-state index in [9.17, 15) is 0 Å². The summed E-state index contributed by atoms with van der Waals surface area (Å²) < 4.78 is 2.47. The van der Waals surface area contributed by atoms with Gasteiger partial charge in [-0.05, 0) is 117 Å². The van der Waals surface area contributed by atoms with Gasteiger partial charge in [-0.3, -0.25) is 0 Å². The van der Waals surface area contributed by atoms with Crippen LogP contribution in [0.1, 0.15) is 47.2 Å². The van der Waals surface area contributed by atoms with E-state index in [1.807, 2.05) is 17.4 Å². The second-order valence-electron chi connectivity index (χ2n) is 17.1. The molecule has 0 fully saturated rings. The topological polar surface area (TPSA) is 6.48 Å². The molecule has 13 rings (SSSR count). The van der Waals surface area contributed by atoms with Crippen molar-refractivity contribution in [2.45, 2.75) is 24.7 Å². The van der Waals surface area contributed by atoms with E-state index in [1.165, 1.54) is 87.5 Å². The van der Waals surface area contributed by atoms with Gasteiger partial charge in [0.2, 0.25) is 0 Å². The molecule has 0 saturated heterocycles. The molecule has 1 aromatic heterocycles. The highest BCUT2D eigenvalue weighted by molar-refractivity contribution is 7.25. The van der Waals surface area contributed by atoms with E-state index in [0.29, 0.717) is 0 Å². The van der Waals surface area contributed by atoms with E-state index < -0.39 is 5.41 Å². The Morgan fingerprint density at radius 3 is 1.82 bits per heavy atom. The van der Waals surface area contributed by atoms with Crippen molar-refractivity contribution in [2.75, 3.05) is 9.80 Å². The summed E-state index contributed by atoms with van der Waals surface area (Å²) in [5.41, 5.74) is 19.4. The molecule has 1 unspecified atom stereocenters. The van der Waals surface area contributed by atoms with Crippen molar-refractivity contribution < 1.29 is 0 Å². The molecule has 1 spiro atoms. The molecule has 1 atom stereocenters. The molecule has 286 valence electrons. The third-order valence-electron chi connectivity index (χ3n) is 13.7. The average Bonchev–Trinajstić information content (AvgIpc) is 3.94. The molecule has 2 aliphatic carbocycles. The highest BCUT2D eigenvalue weighted by Gasteiger charge is 2.53. The molecule has 0 N–H and O–H groups in total. The maximum absolute atomic E-state index is 3.37. The second kappa shape index (κ2) is 12.6. The molecule has 9 aromatic carbocycles. The van der Waals surface area contributed by atoms with Crippen molar-refractivity contribution in [1.29, 1.82) is 0 Å². The summed E-state index contributed by atoms with van der Waals surface area (Å²) in [4.78, 5) is 4.97. The van der Waals surface area contributed by atoms with Gasteiger partial charge in [-0.1, -0.05) is 153 Å². The van der Waals surface area contributed by atoms with Gasteiger partial charge in [-0.15, -0.1) is 11.3 Å². The van der Waals surface area contributed by atoms with E-state index in [-0.39, 0.29) is 5.41 Å². The Morgan fingerprint density at radius 2 is 1.05 bits per heavy atom. The van der Waals surface area contributed by atoms with Gasteiger partial charge in [-0.25, -0.2) is 0 Å². The third kappa shape index (κ3) is 4.58. The normalized spacial score (nSPS) is 16.1. The van der Waals surface area contributed by atoms with E-state index in [4.69, 9.17) is 0 Å². The zero-order valence-corrected chi connectivity index (χ0v) is 34.6. The predicted molar refractivity (Wildman–Crippen MR) is 255 cm³/mol. The molecule has 0 amide bonds. The number of hydrogen-bond acceptors (Lipinski definition) is 3. The first-order valence-electron chi connectivity index (χ1n) is 21.1. The molecule has 0 radical (unpaired) electrons. The molecule has 61 heavy (non-hydrogen) atoms. The summed E-state index contributed by atoms with van der Waals surface area (Å²) in [6.45, 7) is 4.73. The summed E-state index contributed by atoms with van der Waals surface area (Å²) in [5.74, 6) is 0. The maximum Gasteiger partial charge on any atom is 0.0727 e. The summed E-state index contributed by atoms with van der Waals surface area (Å²) in [5, 5.41) is 2.35. The van der Waals surface area contributed by atoms with Crippen molar-refractivity contribution in [2.24, 2.45) is 0 Å². The Balaban J connectivity index is 1.07. The number of thiophene rings is 1. The van der Waals surface area contributed by atoms with Crippen molar-refractivity contribution >= 4 is 65.6 Å². The first-order chi connectivity index (χ1) is 30.0. The van der Waals surface area contributed by atoms with Crippen LogP contribution in [0.15, 0.2) is 194 Å². The number of rotatable bonds is 4. The zero-order valence-electron chi connectivity index (χ0n) is 33.8. The van der Waals surface area contributed by atoms with Gasteiger partial charge >= 0.3 is 0 Å². The molecule has 3 aliphatic rings. The van der Waals surface area contributed by atoms with Gasteiger partial charge in [0.15, 0.2) is 0 Å². The highest BCUT2D eigenvalue weighted by Crippen LogP contribution is 2.66. The number of hydrogen-bond donors (Lipinski definition) is 0. The van der Waals surface area contributed by atoms with Gasteiger partial charge in [0.05, 0.1) is 27.9 Å². The van der Waals surface area contributed by atoms with Gasteiger partial charge < -0.3 is 9.80 Å². The molecule has 2 nitrogen and oxygen atoms in total. The first-order valence-corrected chi connectivity index (χ1v) is 21.9. The lowest BCUT2D eigenvalue weighted by atomic mass is 9.70. The molecule has 1 aliphatic heterocycles. The fraction of sp³-hybridized carbons (Fsp3) is 0.0690. The fourth-order valence-electron chi connectivity index (χ4n) is 11.2. The lowest BCUT2D eigenvalue weighted by Gasteiger charge is -2.42. The zero-order chi connectivity index (χ0) is 40.5. The Hall–Kier alpha value is -7.38. The quantitative estimate of drug-likeness (QED) is 0.175. The van der Waals surface area contributed by atoms with Gasteiger partial charge in [0.1, 0.15) is 0 Å². The van der Waals surface area contributed by atoms with Crippen molar-refractivity contribution in [3.8, 4) is 22.3 Å². The smallest absolute Gasteiger partial charge is 0.0727 e. The van der Waals surface area contributed by atoms with Crippen molar-refractivity contribution in [3.05, 3.63) is 240 Å². The molecule has 0 bridgehead atoms. The molecule has 3 heteroatoms. The van der Waals surface area contributed by atoms with Gasteiger partial charge in [-0.2, -0.15) is 0 Å².